The summed E-state index contributed by atoms with van der Waals surface area (Å²) >= 11 is 0. The van der Waals surface area contributed by atoms with Crippen LogP contribution in [-0.4, -0.2) is 105 Å². The van der Waals surface area contributed by atoms with E-state index in [4.69, 9.17) is 61.6 Å². The van der Waals surface area contributed by atoms with E-state index in [0.717, 1.165) is 38.9 Å². The number of hydrogen-bond donors (Lipinski definition) is 0. The van der Waals surface area contributed by atoms with E-state index in [2.05, 4.69) is 0 Å². The lowest BCUT2D eigenvalue weighted by Gasteiger charge is -2.51. The van der Waals surface area contributed by atoms with Crippen LogP contribution in [0.3, 0.4) is 0 Å². The zero-order valence-electron chi connectivity index (χ0n) is 50.6. The third-order valence-electron chi connectivity index (χ3n) is 16.3. The Bertz CT molecular complexity index is 3280. The lowest BCUT2D eigenvalue weighted by molar-refractivity contribution is -0.381. The van der Waals surface area contributed by atoms with Crippen LogP contribution in [0.5, 0.6) is 0 Å². The summed E-state index contributed by atoms with van der Waals surface area (Å²) in [6, 6.07) is 78.4. The summed E-state index contributed by atoms with van der Waals surface area (Å²) in [6.07, 6.45) is -13.5. The van der Waals surface area contributed by atoms with E-state index in [-0.39, 0.29) is 46.2 Å². The van der Waals surface area contributed by atoms with Crippen molar-refractivity contribution in [3.63, 3.8) is 0 Å². The van der Waals surface area contributed by atoms with Crippen LogP contribution in [-0.2, 0) is 108 Å². The highest BCUT2D eigenvalue weighted by Crippen LogP contribution is 2.39. The van der Waals surface area contributed by atoms with Gasteiger partial charge in [0.2, 0.25) is 0 Å². The fraction of sp³-hybridized carbons (Fsp3) is 0.347. The van der Waals surface area contributed by atoms with Gasteiger partial charge in [-0.2, -0.15) is 0 Å². The number of benzene rings is 8. The molecule has 11 rings (SSSR count). The second kappa shape index (κ2) is 32.5. The van der Waals surface area contributed by atoms with E-state index < -0.39 is 97.9 Å². The van der Waals surface area contributed by atoms with Crippen molar-refractivity contribution in [3.8, 4) is 0 Å². The SMILES string of the molecule is CC1O[C@@H](OC2[C@H](C)OC(C)[C@H](OCc3ccccc3)[C@H]2OCc2ccccc2)C(OC(=O)c2ccccc2)[C@H](O[C@H]2O[C@H](COCc3ccccc3)[C@@H](OCc3ccccc3)C(OCc3ccccc3)C2OCc2ccccc2)[C@H]1OCc1ccccc1. The van der Waals surface area contributed by atoms with Crippen LogP contribution < -0.4 is 0 Å². The summed E-state index contributed by atoms with van der Waals surface area (Å²) in [6.45, 7) is 7.45. The molecule has 8 aromatic rings. The van der Waals surface area contributed by atoms with Crippen molar-refractivity contribution in [1.29, 1.82) is 0 Å². The lowest BCUT2D eigenvalue weighted by Crippen LogP contribution is -2.67. The first-order valence-corrected chi connectivity index (χ1v) is 30.9. The van der Waals surface area contributed by atoms with E-state index in [9.17, 15) is 4.79 Å². The predicted octanol–water partition coefficient (Wildman–Crippen LogP) is 13.0. The minimum absolute atomic E-state index is 0.0664. The molecule has 3 heterocycles. The van der Waals surface area contributed by atoms with Gasteiger partial charge in [0, 0.05) is 0 Å². The number of ether oxygens (including phenoxy) is 13. The van der Waals surface area contributed by atoms with Crippen molar-refractivity contribution in [2.75, 3.05) is 6.61 Å². The Kier molecular flexibility index (Phi) is 23.1. The molecule has 3 aliphatic heterocycles. The summed E-state index contributed by atoms with van der Waals surface area (Å²) < 4.78 is 91.9. The molecular weight excluding hydrogens is 1120 g/mol. The van der Waals surface area contributed by atoms with Gasteiger partial charge in [-0.15, -0.1) is 0 Å². The van der Waals surface area contributed by atoms with Crippen LogP contribution in [0.4, 0.5) is 0 Å². The summed E-state index contributed by atoms with van der Waals surface area (Å²) in [5.74, 6) is -0.646. The molecule has 3 aliphatic rings. The van der Waals surface area contributed by atoms with E-state index in [1.54, 1.807) is 24.3 Å². The maximum atomic E-state index is 15.0. The molecular formula is C75H80O14. The summed E-state index contributed by atoms with van der Waals surface area (Å²) in [5.41, 5.74) is 6.93. The summed E-state index contributed by atoms with van der Waals surface area (Å²) in [7, 11) is 0. The number of rotatable bonds is 28. The first-order valence-electron chi connectivity index (χ1n) is 30.9. The maximum Gasteiger partial charge on any atom is 0.338 e. The Morgan fingerprint density at radius 2 is 0.607 bits per heavy atom. The highest BCUT2D eigenvalue weighted by Gasteiger charge is 2.57. The fourth-order valence-corrected chi connectivity index (χ4v) is 11.6. The fourth-order valence-electron chi connectivity index (χ4n) is 11.6. The Hall–Kier alpha value is -7.25. The zero-order valence-corrected chi connectivity index (χ0v) is 50.6. The molecule has 6 unspecified atom stereocenters. The normalized spacial score (nSPS) is 26.9. The largest absolute Gasteiger partial charge is 0.450 e. The first kappa shape index (κ1) is 63.3. The average molecular weight is 1210 g/mol. The lowest BCUT2D eigenvalue weighted by atomic mass is 9.94. The van der Waals surface area contributed by atoms with Gasteiger partial charge in [0.1, 0.15) is 54.9 Å². The van der Waals surface area contributed by atoms with Crippen molar-refractivity contribution in [2.24, 2.45) is 0 Å². The van der Waals surface area contributed by atoms with Crippen molar-refractivity contribution in [2.45, 2.75) is 159 Å². The summed E-state index contributed by atoms with van der Waals surface area (Å²) in [4.78, 5) is 15.0. The number of esters is 1. The molecule has 0 bridgehead atoms. The van der Waals surface area contributed by atoms with Gasteiger partial charge in [-0.05, 0) is 71.8 Å². The minimum Gasteiger partial charge on any atom is -0.450 e. The van der Waals surface area contributed by atoms with Crippen LogP contribution in [0, 0.1) is 0 Å². The van der Waals surface area contributed by atoms with Gasteiger partial charge >= 0.3 is 5.97 Å². The molecule has 14 nitrogen and oxygen atoms in total. The molecule has 0 radical (unpaired) electrons. The maximum absolute atomic E-state index is 15.0. The standard InChI is InChI=1S/C75H80O14/c1-52-64(78-45-56-30-14-5-15-31-56)68(81-48-59-36-20-8-21-37-59)66(54(3)84-52)88-75-72(87-73(76)62-42-26-11-27-43-62)70(65(53(2)85-75)79-46-57-32-16-6-17-33-57)89-74-71(83-50-61-40-24-10-25-41-61)69(82-49-60-38-22-9-23-39-60)67(80-47-58-34-18-7-19-35-58)63(86-74)51-77-44-55-28-12-4-13-29-55/h4-43,52-54,63-72,74-75H,44-51H2,1-3H3/t52?,53?,54-,63+,64-,65-,66?,67+,68+,69?,70+,71?,72?,74+,75-/m0/s1. The van der Waals surface area contributed by atoms with Crippen molar-refractivity contribution in [3.05, 3.63) is 287 Å². The molecule has 8 aromatic carbocycles. The Morgan fingerprint density at radius 3 is 1.03 bits per heavy atom. The number of carbonyl (C=O) groups excluding carboxylic acids is 1. The smallest absolute Gasteiger partial charge is 0.338 e. The Balaban J connectivity index is 1.00. The topological polar surface area (TPSA) is 137 Å². The first-order chi connectivity index (χ1) is 43.8. The number of hydrogen-bond acceptors (Lipinski definition) is 14. The van der Waals surface area contributed by atoms with Gasteiger partial charge in [-0.25, -0.2) is 4.79 Å². The van der Waals surface area contributed by atoms with Gasteiger partial charge in [0.25, 0.3) is 0 Å². The van der Waals surface area contributed by atoms with Gasteiger partial charge in [-0.1, -0.05) is 231 Å². The molecule has 3 saturated heterocycles. The van der Waals surface area contributed by atoms with E-state index in [1.807, 2.05) is 239 Å². The summed E-state index contributed by atoms with van der Waals surface area (Å²) in [5, 5.41) is 0. The third kappa shape index (κ3) is 17.6. The average Bonchev–Trinajstić information content (AvgIpc) is 2.01. The Labute approximate surface area is 522 Å². The zero-order chi connectivity index (χ0) is 61.0. The second-order valence-corrected chi connectivity index (χ2v) is 22.8. The molecule has 0 saturated carbocycles. The van der Waals surface area contributed by atoms with Crippen LogP contribution in [0.2, 0.25) is 0 Å². The van der Waals surface area contributed by atoms with Crippen LogP contribution in [0.25, 0.3) is 0 Å². The van der Waals surface area contributed by atoms with Gasteiger partial charge in [0.05, 0.1) is 76.7 Å². The van der Waals surface area contributed by atoms with Crippen molar-refractivity contribution in [1.82, 2.24) is 0 Å². The molecule has 14 heteroatoms. The molecule has 0 spiro atoms. The van der Waals surface area contributed by atoms with Crippen LogP contribution in [0.15, 0.2) is 243 Å². The van der Waals surface area contributed by atoms with E-state index >= 15 is 0 Å². The highest BCUT2D eigenvalue weighted by atomic mass is 16.8. The molecule has 0 aliphatic carbocycles. The monoisotopic (exact) mass is 1200 g/mol. The van der Waals surface area contributed by atoms with Crippen molar-refractivity contribution >= 4 is 5.97 Å². The number of carbonyl (C=O) groups is 1. The molecule has 464 valence electrons. The molecule has 0 N–H and O–H groups in total. The molecule has 3 fully saturated rings. The molecule has 0 amide bonds. The molecule has 0 aromatic heterocycles. The van der Waals surface area contributed by atoms with Gasteiger partial charge in [0.15, 0.2) is 18.7 Å². The van der Waals surface area contributed by atoms with Crippen LogP contribution in [0.1, 0.15) is 70.1 Å². The predicted molar refractivity (Wildman–Crippen MR) is 335 cm³/mol. The van der Waals surface area contributed by atoms with Crippen molar-refractivity contribution < 1.29 is 66.4 Å². The van der Waals surface area contributed by atoms with Gasteiger partial charge < -0.3 is 61.6 Å². The van der Waals surface area contributed by atoms with Crippen LogP contribution >= 0.6 is 0 Å². The van der Waals surface area contributed by atoms with E-state index in [1.165, 1.54) is 0 Å². The highest BCUT2D eigenvalue weighted by molar-refractivity contribution is 5.89. The quantitative estimate of drug-likeness (QED) is 0.0430. The Morgan fingerprint density at radius 1 is 0.303 bits per heavy atom. The van der Waals surface area contributed by atoms with E-state index in [0.29, 0.717) is 12.2 Å². The third-order valence-corrected chi connectivity index (χ3v) is 16.3. The molecule has 15 atom stereocenters. The molecule has 89 heavy (non-hydrogen) atoms. The van der Waals surface area contributed by atoms with Gasteiger partial charge in [-0.3, -0.25) is 0 Å². The second-order valence-electron chi connectivity index (χ2n) is 22.8. The minimum atomic E-state index is -1.36.